The van der Waals surface area contributed by atoms with E-state index in [2.05, 4.69) is 5.32 Å². The Morgan fingerprint density at radius 1 is 1.54 bits per heavy atom. The average molecular weight is 189 g/mol. The number of ether oxygens (including phenoxy) is 3. The third-order valence-corrected chi connectivity index (χ3v) is 2.16. The number of nitrogens with one attached hydrogen (secondary N) is 1. The molecule has 0 aromatic rings. The van der Waals surface area contributed by atoms with E-state index in [1.807, 2.05) is 6.92 Å². The molecule has 0 bridgehead atoms. The first-order valence-electron chi connectivity index (χ1n) is 4.22. The molecular weight excluding hydrogens is 174 g/mol. The number of methoxy groups -OCH3 is 2. The third-order valence-electron chi connectivity index (χ3n) is 2.16. The molecular formula is C8H15NO4. The van der Waals surface area contributed by atoms with Gasteiger partial charge in [-0.1, -0.05) is 6.92 Å². The summed E-state index contributed by atoms with van der Waals surface area (Å²) in [4.78, 5) is 10.6. The van der Waals surface area contributed by atoms with Gasteiger partial charge in [0.05, 0.1) is 0 Å². The lowest BCUT2D eigenvalue weighted by Gasteiger charge is -2.24. The molecule has 13 heavy (non-hydrogen) atoms. The monoisotopic (exact) mass is 189 g/mol. The van der Waals surface area contributed by atoms with Crippen LogP contribution in [0.25, 0.3) is 0 Å². The fourth-order valence-corrected chi connectivity index (χ4v) is 1.36. The van der Waals surface area contributed by atoms with Crippen LogP contribution < -0.4 is 5.32 Å². The van der Waals surface area contributed by atoms with Crippen LogP contribution in [0.3, 0.4) is 0 Å². The number of hydrogen-bond acceptors (Lipinski definition) is 5. The number of aldehydes is 1. The van der Waals surface area contributed by atoms with Gasteiger partial charge in [-0.3, -0.25) is 0 Å². The molecule has 0 amide bonds. The van der Waals surface area contributed by atoms with E-state index in [1.165, 1.54) is 14.2 Å². The van der Waals surface area contributed by atoms with Gasteiger partial charge < -0.3 is 19.0 Å². The van der Waals surface area contributed by atoms with E-state index in [1.54, 1.807) is 0 Å². The van der Waals surface area contributed by atoms with Gasteiger partial charge in [0.1, 0.15) is 6.10 Å². The molecule has 0 aliphatic carbocycles. The summed E-state index contributed by atoms with van der Waals surface area (Å²) < 4.78 is 15.3. The molecule has 0 aromatic heterocycles. The number of hydrogen-bond donors (Lipinski definition) is 1. The highest BCUT2D eigenvalue weighted by atomic mass is 16.9. The first-order chi connectivity index (χ1) is 6.21. The topological polar surface area (TPSA) is 56.8 Å². The quantitative estimate of drug-likeness (QED) is 0.492. The van der Waals surface area contributed by atoms with Gasteiger partial charge in [-0.05, 0) is 6.42 Å². The minimum Gasteiger partial charge on any atom is -0.318 e. The van der Waals surface area contributed by atoms with E-state index in [4.69, 9.17) is 14.2 Å². The smallest absolute Gasteiger partial charge is 0.318 e. The molecule has 0 aromatic carbocycles. The lowest BCUT2D eigenvalue weighted by atomic mass is 10.1. The summed E-state index contributed by atoms with van der Waals surface area (Å²) in [6.07, 6.45) is -0.240. The van der Waals surface area contributed by atoms with Crippen molar-refractivity contribution in [1.29, 1.82) is 0 Å². The normalized spacial score (nSPS) is 31.9. The average Bonchev–Trinajstić information content (AvgIpc) is 2.57. The van der Waals surface area contributed by atoms with E-state index in [0.717, 1.165) is 12.7 Å². The molecule has 1 unspecified atom stereocenters. The van der Waals surface area contributed by atoms with Crippen LogP contribution in [0.2, 0.25) is 0 Å². The van der Waals surface area contributed by atoms with Crippen molar-refractivity contribution >= 4 is 6.29 Å². The summed E-state index contributed by atoms with van der Waals surface area (Å²) in [5, 5.41) is 2.96. The molecule has 5 heteroatoms. The second kappa shape index (κ2) is 4.15. The lowest BCUT2D eigenvalue weighted by Crippen LogP contribution is -2.47. The molecule has 1 saturated heterocycles. The standard InChI is InChI=1S/C8H15NO4/c1-4-6-7(5-10)13-8(9-6,11-2)12-3/h5-7,9H,4H2,1-3H3/t6-,7?/m0/s1. The molecule has 0 radical (unpaired) electrons. The Morgan fingerprint density at radius 2 is 2.15 bits per heavy atom. The molecule has 2 atom stereocenters. The van der Waals surface area contributed by atoms with Crippen molar-refractivity contribution in [3.8, 4) is 0 Å². The summed E-state index contributed by atoms with van der Waals surface area (Å²) in [7, 11) is 2.91. The molecule has 1 fully saturated rings. The maximum absolute atomic E-state index is 10.6. The summed E-state index contributed by atoms with van der Waals surface area (Å²) in [6, 6.07) is -0.0580. The Bertz CT molecular complexity index is 181. The van der Waals surface area contributed by atoms with Gasteiger partial charge in [0.2, 0.25) is 0 Å². The zero-order chi connectivity index (χ0) is 9.90. The Balaban J connectivity index is 2.70. The minimum atomic E-state index is -1.26. The summed E-state index contributed by atoms with van der Waals surface area (Å²) in [5.41, 5.74) is 0. The van der Waals surface area contributed by atoms with Gasteiger partial charge >= 0.3 is 6.10 Å². The fraction of sp³-hybridized carbons (Fsp3) is 0.875. The Labute approximate surface area is 77.3 Å². The van der Waals surface area contributed by atoms with Gasteiger partial charge in [-0.2, -0.15) is 0 Å². The van der Waals surface area contributed by atoms with E-state index < -0.39 is 12.2 Å². The first-order valence-corrected chi connectivity index (χ1v) is 4.22. The van der Waals surface area contributed by atoms with E-state index in [9.17, 15) is 4.79 Å². The summed E-state index contributed by atoms with van der Waals surface area (Å²) in [5.74, 6) is 0. The Morgan fingerprint density at radius 3 is 2.46 bits per heavy atom. The summed E-state index contributed by atoms with van der Waals surface area (Å²) >= 11 is 0. The highest BCUT2D eigenvalue weighted by molar-refractivity contribution is 5.58. The van der Waals surface area contributed by atoms with Crippen LogP contribution >= 0.6 is 0 Å². The van der Waals surface area contributed by atoms with Crippen LogP contribution in [-0.4, -0.2) is 38.7 Å². The molecule has 1 aliphatic rings. The number of carbonyl (C=O) groups is 1. The van der Waals surface area contributed by atoms with Gasteiger partial charge in [-0.25, -0.2) is 5.32 Å². The number of carbonyl (C=O) groups excluding carboxylic acids is 1. The molecule has 1 heterocycles. The van der Waals surface area contributed by atoms with Crippen LogP contribution in [0.4, 0.5) is 0 Å². The Hall–Kier alpha value is -0.490. The van der Waals surface area contributed by atoms with Crippen molar-refractivity contribution in [3.05, 3.63) is 0 Å². The largest absolute Gasteiger partial charge is 0.351 e. The van der Waals surface area contributed by atoms with Crippen LogP contribution in [-0.2, 0) is 19.0 Å². The van der Waals surface area contributed by atoms with Crippen LogP contribution in [0, 0.1) is 0 Å². The maximum Gasteiger partial charge on any atom is 0.351 e. The lowest BCUT2D eigenvalue weighted by molar-refractivity contribution is -0.359. The zero-order valence-corrected chi connectivity index (χ0v) is 8.07. The predicted molar refractivity (Wildman–Crippen MR) is 44.9 cm³/mol. The molecule has 1 rings (SSSR count). The van der Waals surface area contributed by atoms with Gasteiger partial charge in [0.15, 0.2) is 6.29 Å². The highest BCUT2D eigenvalue weighted by Crippen LogP contribution is 2.23. The highest BCUT2D eigenvalue weighted by Gasteiger charge is 2.46. The Kier molecular flexibility index (Phi) is 3.38. The van der Waals surface area contributed by atoms with Crippen LogP contribution in [0.15, 0.2) is 0 Å². The van der Waals surface area contributed by atoms with Crippen LogP contribution in [0.5, 0.6) is 0 Å². The molecule has 5 nitrogen and oxygen atoms in total. The molecule has 0 spiro atoms. The summed E-state index contributed by atoms with van der Waals surface area (Å²) in [6.45, 7) is 1.96. The van der Waals surface area contributed by atoms with Crippen molar-refractivity contribution in [1.82, 2.24) is 5.32 Å². The van der Waals surface area contributed by atoms with E-state index in [0.29, 0.717) is 0 Å². The van der Waals surface area contributed by atoms with Crippen LogP contribution in [0.1, 0.15) is 13.3 Å². The fourth-order valence-electron chi connectivity index (χ4n) is 1.36. The second-order valence-corrected chi connectivity index (χ2v) is 2.84. The second-order valence-electron chi connectivity index (χ2n) is 2.84. The van der Waals surface area contributed by atoms with Crippen molar-refractivity contribution in [2.75, 3.05) is 14.2 Å². The number of rotatable bonds is 4. The van der Waals surface area contributed by atoms with Crippen molar-refractivity contribution in [3.63, 3.8) is 0 Å². The van der Waals surface area contributed by atoms with Crippen molar-refractivity contribution in [2.45, 2.75) is 31.6 Å². The van der Waals surface area contributed by atoms with E-state index in [-0.39, 0.29) is 6.04 Å². The molecule has 1 aliphatic heterocycles. The minimum absolute atomic E-state index is 0.0580. The van der Waals surface area contributed by atoms with Crippen molar-refractivity contribution in [2.24, 2.45) is 0 Å². The van der Waals surface area contributed by atoms with Gasteiger partial charge in [0.25, 0.3) is 0 Å². The molecule has 1 N–H and O–H groups in total. The third kappa shape index (κ3) is 1.88. The van der Waals surface area contributed by atoms with Gasteiger partial charge in [-0.15, -0.1) is 0 Å². The van der Waals surface area contributed by atoms with E-state index >= 15 is 0 Å². The SMILES string of the molecule is CC[C@@H]1NC(OC)(OC)OC1C=O. The molecule has 76 valence electrons. The predicted octanol–water partition coefficient (Wildman–Crippen LogP) is -0.144. The maximum atomic E-state index is 10.6. The van der Waals surface area contributed by atoms with Crippen molar-refractivity contribution < 1.29 is 19.0 Å². The zero-order valence-electron chi connectivity index (χ0n) is 8.07. The van der Waals surface area contributed by atoms with Gasteiger partial charge in [0, 0.05) is 20.3 Å². The first kappa shape index (κ1) is 10.6. The molecule has 0 saturated carbocycles.